The van der Waals surface area contributed by atoms with E-state index in [9.17, 15) is 0 Å². The molecule has 0 aliphatic heterocycles. The first-order valence-corrected chi connectivity index (χ1v) is 11.7. The molecule has 2 N–H and O–H groups in total. The normalized spacial score (nSPS) is 17.5. The largest absolute Gasteiger partial charge is 0.370 e. The Morgan fingerprint density at radius 1 is 0.967 bits per heavy atom. The molecule has 4 nitrogen and oxygen atoms in total. The fourth-order valence-electron chi connectivity index (χ4n) is 4.26. The van der Waals surface area contributed by atoms with E-state index in [1.807, 2.05) is 6.20 Å². The highest BCUT2D eigenvalue weighted by Crippen LogP contribution is 2.35. The van der Waals surface area contributed by atoms with Crippen LogP contribution in [0, 0.1) is 5.92 Å². The smallest absolute Gasteiger partial charge is 0.126 e. The van der Waals surface area contributed by atoms with E-state index in [0.29, 0.717) is 6.04 Å². The lowest BCUT2D eigenvalue weighted by molar-refractivity contribution is 0.444. The zero-order chi connectivity index (χ0) is 21.4. The van der Waals surface area contributed by atoms with Crippen molar-refractivity contribution in [3.63, 3.8) is 0 Å². The summed E-state index contributed by atoms with van der Waals surface area (Å²) < 4.78 is 0. The van der Waals surface area contributed by atoms with Crippen LogP contribution in [0.5, 0.6) is 0 Å². The van der Waals surface area contributed by atoms with E-state index in [1.54, 1.807) is 0 Å². The molecule has 2 heterocycles. The summed E-state index contributed by atoms with van der Waals surface area (Å²) in [5.41, 5.74) is 4.15. The van der Waals surface area contributed by atoms with Crippen LogP contribution in [0.2, 0.25) is 0 Å². The first-order chi connectivity index (χ1) is 14.2. The molecular formula is C26H38N4. The van der Waals surface area contributed by atoms with Gasteiger partial charge in [0.2, 0.25) is 0 Å². The standard InChI is InChI=1S/C26H38N4/c1-25(2,3)22-14-23(28-16-18-9-10-18)29-17-19(22)15-26(4,5)20-11-12-27-24(13-20)30-21-7-6-8-21/h11-14,17-18,21H,6-10,15-16H2,1-5H3,(H,27,30)(H,28,29). The number of nitrogens with one attached hydrogen (secondary N) is 2. The summed E-state index contributed by atoms with van der Waals surface area (Å²) in [6.45, 7) is 12.6. The Morgan fingerprint density at radius 3 is 2.37 bits per heavy atom. The molecule has 4 rings (SSSR count). The van der Waals surface area contributed by atoms with Crippen molar-refractivity contribution in [1.82, 2.24) is 9.97 Å². The maximum Gasteiger partial charge on any atom is 0.126 e. The van der Waals surface area contributed by atoms with Crippen LogP contribution in [0.25, 0.3) is 0 Å². The molecule has 162 valence electrons. The first-order valence-electron chi connectivity index (χ1n) is 11.7. The molecule has 0 spiro atoms. The van der Waals surface area contributed by atoms with Gasteiger partial charge in [0.1, 0.15) is 11.6 Å². The van der Waals surface area contributed by atoms with E-state index >= 15 is 0 Å². The Bertz CT molecular complexity index is 873. The summed E-state index contributed by atoms with van der Waals surface area (Å²) in [5.74, 6) is 2.88. The highest BCUT2D eigenvalue weighted by Gasteiger charge is 2.28. The van der Waals surface area contributed by atoms with Crippen LogP contribution in [0.15, 0.2) is 30.6 Å². The van der Waals surface area contributed by atoms with Crippen molar-refractivity contribution >= 4 is 11.6 Å². The number of hydrogen-bond donors (Lipinski definition) is 2. The Labute approximate surface area is 182 Å². The summed E-state index contributed by atoms with van der Waals surface area (Å²) >= 11 is 0. The summed E-state index contributed by atoms with van der Waals surface area (Å²) in [6, 6.07) is 7.29. The quantitative estimate of drug-likeness (QED) is 0.558. The number of nitrogens with zero attached hydrogens (tertiary/aromatic N) is 2. The minimum atomic E-state index is 0.00359. The summed E-state index contributed by atoms with van der Waals surface area (Å²) in [7, 11) is 0. The monoisotopic (exact) mass is 406 g/mol. The number of aromatic nitrogens is 2. The van der Waals surface area contributed by atoms with Gasteiger partial charge >= 0.3 is 0 Å². The summed E-state index contributed by atoms with van der Waals surface area (Å²) in [6.07, 6.45) is 11.6. The zero-order valence-corrected chi connectivity index (χ0v) is 19.4. The molecule has 2 fully saturated rings. The Hall–Kier alpha value is -2.10. The Balaban J connectivity index is 1.54. The van der Waals surface area contributed by atoms with Gasteiger partial charge in [-0.15, -0.1) is 0 Å². The average Bonchev–Trinajstić information content (AvgIpc) is 3.47. The van der Waals surface area contributed by atoms with Crippen molar-refractivity contribution in [2.24, 2.45) is 5.92 Å². The molecule has 2 aliphatic rings. The van der Waals surface area contributed by atoms with Gasteiger partial charge in [-0.1, -0.05) is 34.6 Å². The number of hydrogen-bond acceptors (Lipinski definition) is 4. The zero-order valence-electron chi connectivity index (χ0n) is 19.4. The van der Waals surface area contributed by atoms with Crippen molar-refractivity contribution in [2.75, 3.05) is 17.2 Å². The van der Waals surface area contributed by atoms with E-state index in [-0.39, 0.29) is 10.8 Å². The van der Waals surface area contributed by atoms with Crippen molar-refractivity contribution in [3.8, 4) is 0 Å². The topological polar surface area (TPSA) is 49.8 Å². The number of pyridine rings is 2. The van der Waals surface area contributed by atoms with Crippen LogP contribution >= 0.6 is 0 Å². The molecular weight excluding hydrogens is 368 g/mol. The Morgan fingerprint density at radius 2 is 1.73 bits per heavy atom. The molecule has 0 radical (unpaired) electrons. The number of anilines is 2. The van der Waals surface area contributed by atoms with Gasteiger partial charge in [0.15, 0.2) is 0 Å². The minimum Gasteiger partial charge on any atom is -0.370 e. The predicted octanol–water partition coefficient (Wildman–Crippen LogP) is 6.08. The summed E-state index contributed by atoms with van der Waals surface area (Å²) in [4.78, 5) is 9.33. The lowest BCUT2D eigenvalue weighted by Crippen LogP contribution is -2.28. The van der Waals surface area contributed by atoms with Gasteiger partial charge in [0.25, 0.3) is 0 Å². The van der Waals surface area contributed by atoms with Crippen LogP contribution in [0.1, 0.15) is 83.4 Å². The van der Waals surface area contributed by atoms with Crippen LogP contribution in [0.3, 0.4) is 0 Å². The molecule has 4 heteroatoms. The van der Waals surface area contributed by atoms with Crippen molar-refractivity contribution in [2.45, 2.75) is 90.0 Å². The fourth-order valence-corrected chi connectivity index (χ4v) is 4.26. The minimum absolute atomic E-state index is 0.00359. The first kappa shape index (κ1) is 21.1. The maximum atomic E-state index is 4.77. The molecule has 0 saturated heterocycles. The Kier molecular flexibility index (Phi) is 5.78. The van der Waals surface area contributed by atoms with Crippen molar-refractivity contribution in [3.05, 3.63) is 47.3 Å². The van der Waals surface area contributed by atoms with Gasteiger partial charge in [-0.2, -0.15) is 0 Å². The molecule has 2 aromatic rings. The highest BCUT2D eigenvalue weighted by atomic mass is 15.0. The van der Waals surface area contributed by atoms with Crippen LogP contribution in [-0.4, -0.2) is 22.6 Å². The second-order valence-electron chi connectivity index (χ2n) is 11.1. The van der Waals surface area contributed by atoms with Gasteiger partial charge < -0.3 is 10.6 Å². The predicted molar refractivity (Wildman–Crippen MR) is 126 cm³/mol. The van der Waals surface area contributed by atoms with Crippen LogP contribution < -0.4 is 10.6 Å². The molecule has 0 unspecified atom stereocenters. The van der Waals surface area contributed by atoms with E-state index < -0.39 is 0 Å². The number of rotatable bonds is 8. The van der Waals surface area contributed by atoms with Crippen LogP contribution in [0.4, 0.5) is 11.6 Å². The summed E-state index contributed by atoms with van der Waals surface area (Å²) in [5, 5.41) is 7.14. The molecule has 2 aromatic heterocycles. The van der Waals surface area contributed by atoms with Gasteiger partial charge in [-0.3, -0.25) is 0 Å². The third-order valence-electron chi connectivity index (χ3n) is 6.69. The SMILES string of the molecule is CC(C)(C)c1cc(NCC2CC2)ncc1CC(C)(C)c1ccnc(NC2CCC2)c1. The van der Waals surface area contributed by atoms with E-state index in [0.717, 1.165) is 30.5 Å². The molecule has 0 aromatic carbocycles. The van der Waals surface area contributed by atoms with Crippen molar-refractivity contribution < 1.29 is 0 Å². The molecule has 0 bridgehead atoms. The van der Waals surface area contributed by atoms with E-state index in [1.165, 1.54) is 48.8 Å². The van der Waals surface area contributed by atoms with Crippen LogP contribution in [-0.2, 0) is 17.3 Å². The van der Waals surface area contributed by atoms with Gasteiger partial charge in [-0.05, 0) is 90.2 Å². The van der Waals surface area contributed by atoms with Crippen molar-refractivity contribution in [1.29, 1.82) is 0 Å². The van der Waals surface area contributed by atoms with Gasteiger partial charge in [0, 0.05) is 25.0 Å². The lowest BCUT2D eigenvalue weighted by atomic mass is 9.75. The molecule has 2 aliphatic carbocycles. The highest BCUT2D eigenvalue weighted by molar-refractivity contribution is 5.46. The fraction of sp³-hybridized carbons (Fsp3) is 0.615. The van der Waals surface area contributed by atoms with Gasteiger partial charge in [-0.25, -0.2) is 9.97 Å². The molecule has 0 amide bonds. The van der Waals surface area contributed by atoms with E-state index in [2.05, 4.69) is 74.6 Å². The second-order valence-corrected chi connectivity index (χ2v) is 11.1. The lowest BCUT2D eigenvalue weighted by Gasteiger charge is -2.31. The van der Waals surface area contributed by atoms with E-state index in [4.69, 9.17) is 4.98 Å². The maximum absolute atomic E-state index is 4.77. The molecule has 2 saturated carbocycles. The third-order valence-corrected chi connectivity index (χ3v) is 6.69. The molecule has 30 heavy (non-hydrogen) atoms. The van der Waals surface area contributed by atoms with Gasteiger partial charge in [0.05, 0.1) is 0 Å². The third kappa shape index (κ3) is 5.14. The molecule has 0 atom stereocenters. The average molecular weight is 407 g/mol. The second kappa shape index (κ2) is 8.20.